The van der Waals surface area contributed by atoms with E-state index in [0.29, 0.717) is 0 Å². The van der Waals surface area contributed by atoms with Gasteiger partial charge in [-0.05, 0) is 6.92 Å². The van der Waals surface area contributed by atoms with Crippen molar-refractivity contribution in [2.24, 2.45) is 0 Å². The molecular weight excluding hydrogens is 320 g/mol. The molecule has 0 saturated carbocycles. The molecule has 42 valence electrons. The molecule has 0 heterocycles. The van der Waals surface area contributed by atoms with E-state index in [1.807, 2.05) is 29.8 Å². The van der Waals surface area contributed by atoms with Gasteiger partial charge in [0.25, 0.3) is 0 Å². The average molecular weight is 325 g/mol. The highest BCUT2D eigenvalue weighted by molar-refractivity contribution is 14.1. The minimum absolute atomic E-state index is 0.0706. The van der Waals surface area contributed by atoms with Crippen LogP contribution in [-0.2, 0) is 4.79 Å². The predicted octanol–water partition coefficient (Wildman–Crippen LogP) is 1.28. The maximum absolute atomic E-state index is 10.4. The lowest BCUT2D eigenvalue weighted by atomic mass is 10.5. The summed E-state index contributed by atoms with van der Waals surface area (Å²) in [6.07, 6.45) is 0. The molecule has 0 spiro atoms. The molecule has 0 fully saturated rings. The van der Waals surface area contributed by atoms with Gasteiger partial charge >= 0.3 is 0 Å². The van der Waals surface area contributed by atoms with Crippen molar-refractivity contribution in [2.75, 3.05) is 0 Å². The number of carbonyl (C=O) groups is 1. The Balaban J connectivity index is 3.35. The molecule has 1 unspecified atom stereocenters. The summed E-state index contributed by atoms with van der Waals surface area (Å²) in [5, 5.41) is 0. The third-order valence-electron chi connectivity index (χ3n) is 0.454. The van der Waals surface area contributed by atoms with Gasteiger partial charge in [0.05, 0.1) is 26.8 Å². The summed E-state index contributed by atoms with van der Waals surface area (Å²) in [7, 11) is 0. The van der Waals surface area contributed by atoms with Gasteiger partial charge in [-0.3, -0.25) is 8.32 Å². The molecule has 1 N–H and O–H groups in total. The molecule has 0 aliphatic carbocycles. The van der Waals surface area contributed by atoms with Crippen LogP contribution in [0.2, 0.25) is 0 Å². The lowest BCUT2D eigenvalue weighted by molar-refractivity contribution is -0.117. The van der Waals surface area contributed by atoms with Crippen molar-refractivity contribution in [1.82, 2.24) is 3.53 Å². The summed E-state index contributed by atoms with van der Waals surface area (Å²) in [5.41, 5.74) is 0. The number of hydrogen-bond donors (Lipinski definition) is 1. The molecule has 2 nitrogen and oxygen atoms in total. The van der Waals surface area contributed by atoms with Crippen molar-refractivity contribution in [3.05, 3.63) is 0 Å². The largest absolute Gasteiger partial charge is 0.298 e. The van der Waals surface area contributed by atoms with Crippen LogP contribution in [0.15, 0.2) is 0 Å². The summed E-state index contributed by atoms with van der Waals surface area (Å²) in [6.45, 7) is 1.84. The molecule has 0 radical (unpaired) electrons. The van der Waals surface area contributed by atoms with E-state index in [9.17, 15) is 4.79 Å². The van der Waals surface area contributed by atoms with E-state index in [-0.39, 0.29) is 9.83 Å². The minimum atomic E-state index is 0.0706. The molecule has 0 bridgehead atoms. The fraction of sp³-hybridized carbons (Fsp3) is 0.667. The molecule has 0 rings (SSSR count). The highest BCUT2D eigenvalue weighted by atomic mass is 127. The smallest absolute Gasteiger partial charge is 0.241 e. The molecular formula is C3H5I2NO. The molecule has 0 aliphatic heterocycles. The van der Waals surface area contributed by atoms with Crippen molar-refractivity contribution in [3.63, 3.8) is 0 Å². The van der Waals surface area contributed by atoms with Crippen molar-refractivity contribution in [2.45, 2.75) is 10.8 Å². The van der Waals surface area contributed by atoms with Gasteiger partial charge in [0, 0.05) is 0 Å². The Kier molecular flexibility index (Phi) is 4.39. The standard InChI is InChI=1S/C3H5I2NO/c1-2(4)3(7)6-5/h2H,1H3,(H,6,7). The van der Waals surface area contributed by atoms with Crippen molar-refractivity contribution in [3.8, 4) is 0 Å². The Morgan fingerprint density at radius 2 is 2.29 bits per heavy atom. The molecule has 0 aromatic rings. The summed E-state index contributed by atoms with van der Waals surface area (Å²) in [4.78, 5) is 10.4. The Morgan fingerprint density at radius 3 is 2.29 bits per heavy atom. The van der Waals surface area contributed by atoms with Crippen molar-refractivity contribution in [1.29, 1.82) is 0 Å². The molecule has 0 saturated heterocycles. The monoisotopic (exact) mass is 325 g/mol. The van der Waals surface area contributed by atoms with Crippen LogP contribution in [0, 0.1) is 0 Å². The Morgan fingerprint density at radius 1 is 1.86 bits per heavy atom. The van der Waals surface area contributed by atoms with Crippen LogP contribution < -0.4 is 3.53 Å². The highest BCUT2D eigenvalue weighted by Gasteiger charge is 2.03. The molecule has 0 aromatic carbocycles. The Labute approximate surface area is 70.1 Å². The Hall–Kier alpha value is 0.930. The van der Waals surface area contributed by atoms with E-state index in [0.717, 1.165) is 0 Å². The molecule has 1 atom stereocenters. The number of amides is 1. The van der Waals surface area contributed by atoms with E-state index in [4.69, 9.17) is 0 Å². The lowest BCUT2D eigenvalue weighted by Gasteiger charge is -1.95. The normalized spacial score (nSPS) is 13.0. The Bertz CT molecular complexity index is 73.3. The summed E-state index contributed by atoms with van der Waals surface area (Å²) in [5.74, 6) is 0.0706. The topological polar surface area (TPSA) is 29.1 Å². The number of hydrogen-bond acceptors (Lipinski definition) is 1. The summed E-state index contributed by atoms with van der Waals surface area (Å²) in [6, 6.07) is 0. The van der Waals surface area contributed by atoms with Gasteiger partial charge in [-0.25, -0.2) is 0 Å². The first-order valence-corrected chi connectivity index (χ1v) is 4.05. The fourth-order valence-corrected chi connectivity index (χ4v) is 1.29. The SMILES string of the molecule is CC(I)C(=O)NI. The van der Waals surface area contributed by atoms with E-state index in [2.05, 4.69) is 26.1 Å². The summed E-state index contributed by atoms with van der Waals surface area (Å²) < 4.78 is 2.57. The fourth-order valence-electron chi connectivity index (χ4n) is 0.0752. The van der Waals surface area contributed by atoms with Crippen LogP contribution in [0.25, 0.3) is 0 Å². The van der Waals surface area contributed by atoms with Gasteiger partial charge < -0.3 is 0 Å². The maximum atomic E-state index is 10.4. The zero-order valence-corrected chi connectivity index (χ0v) is 8.06. The van der Waals surface area contributed by atoms with Crippen LogP contribution in [0.5, 0.6) is 0 Å². The molecule has 1 amide bonds. The maximum Gasteiger partial charge on any atom is 0.241 e. The number of alkyl halides is 1. The second kappa shape index (κ2) is 3.88. The van der Waals surface area contributed by atoms with E-state index in [1.54, 1.807) is 0 Å². The molecule has 0 aliphatic rings. The van der Waals surface area contributed by atoms with Gasteiger partial charge in [-0.2, -0.15) is 0 Å². The second-order valence-electron chi connectivity index (χ2n) is 1.07. The number of carbonyl (C=O) groups excluding carboxylic acids is 1. The van der Waals surface area contributed by atoms with Gasteiger partial charge in [0.2, 0.25) is 5.91 Å². The third kappa shape index (κ3) is 3.51. The van der Waals surface area contributed by atoms with Gasteiger partial charge in [-0.15, -0.1) is 0 Å². The molecule has 4 heteroatoms. The van der Waals surface area contributed by atoms with Crippen LogP contribution in [0.3, 0.4) is 0 Å². The van der Waals surface area contributed by atoms with E-state index >= 15 is 0 Å². The second-order valence-corrected chi connectivity index (χ2v) is 3.48. The third-order valence-corrected chi connectivity index (χ3v) is 1.55. The zero-order valence-electron chi connectivity index (χ0n) is 3.74. The predicted molar refractivity (Wildman–Crippen MR) is 45.6 cm³/mol. The first-order valence-electron chi connectivity index (χ1n) is 1.73. The number of rotatable bonds is 1. The van der Waals surface area contributed by atoms with Crippen LogP contribution in [0.4, 0.5) is 0 Å². The van der Waals surface area contributed by atoms with Crippen LogP contribution in [-0.4, -0.2) is 9.83 Å². The van der Waals surface area contributed by atoms with Crippen molar-refractivity contribution >= 4 is 51.4 Å². The van der Waals surface area contributed by atoms with E-state index < -0.39 is 0 Å². The average Bonchev–Trinajstić information content (AvgIpc) is 1.65. The quantitative estimate of drug-likeness (QED) is 0.439. The van der Waals surface area contributed by atoms with Crippen molar-refractivity contribution < 1.29 is 4.79 Å². The molecule has 7 heavy (non-hydrogen) atoms. The van der Waals surface area contributed by atoms with Crippen LogP contribution >= 0.6 is 45.5 Å². The first kappa shape index (κ1) is 7.93. The molecule has 0 aromatic heterocycles. The van der Waals surface area contributed by atoms with Gasteiger partial charge in [-0.1, -0.05) is 22.6 Å². The zero-order chi connectivity index (χ0) is 5.86. The van der Waals surface area contributed by atoms with Gasteiger partial charge in [0.15, 0.2) is 0 Å². The van der Waals surface area contributed by atoms with Crippen LogP contribution in [0.1, 0.15) is 6.92 Å². The number of nitrogens with one attached hydrogen (secondary N) is 1. The highest BCUT2D eigenvalue weighted by Crippen LogP contribution is 1.97. The van der Waals surface area contributed by atoms with Gasteiger partial charge in [0.1, 0.15) is 0 Å². The number of halogens is 2. The van der Waals surface area contributed by atoms with E-state index in [1.165, 1.54) is 0 Å². The summed E-state index contributed by atoms with van der Waals surface area (Å²) >= 11 is 3.88. The lowest BCUT2D eigenvalue weighted by Crippen LogP contribution is -2.19. The first-order chi connectivity index (χ1) is 3.18. The minimum Gasteiger partial charge on any atom is -0.298 e.